The molecule has 4 aromatic carbocycles. The number of phenolic OH excluding ortho intramolecular Hbond substituents is 1. The number of para-hydroxylation sites is 2. The molecule has 1 amide bonds. The van der Waals surface area contributed by atoms with Crippen LogP contribution in [0.2, 0.25) is 0 Å². The molecule has 4 rings (SSSR count). The zero-order chi connectivity index (χ0) is 20.1. The first-order chi connectivity index (χ1) is 14.2. The van der Waals surface area contributed by atoms with E-state index >= 15 is 0 Å². The lowest BCUT2D eigenvalue weighted by Crippen LogP contribution is -2.13. The highest BCUT2D eigenvalue weighted by atomic mass is 16.5. The number of benzene rings is 4. The van der Waals surface area contributed by atoms with Gasteiger partial charge in [-0.25, -0.2) is 0 Å². The summed E-state index contributed by atoms with van der Waals surface area (Å²) in [6.07, 6.45) is 0.772. The van der Waals surface area contributed by atoms with Gasteiger partial charge in [0.1, 0.15) is 11.5 Å². The molecule has 0 aliphatic heterocycles. The molecule has 0 aromatic heterocycles. The Morgan fingerprint density at radius 3 is 2.28 bits per heavy atom. The van der Waals surface area contributed by atoms with Crippen molar-refractivity contribution in [2.45, 2.75) is 6.42 Å². The molecule has 0 spiro atoms. The number of amides is 1. The van der Waals surface area contributed by atoms with E-state index in [0.29, 0.717) is 18.0 Å². The second-order valence-electron chi connectivity index (χ2n) is 6.75. The highest BCUT2D eigenvalue weighted by Gasteiger charge is 2.14. The van der Waals surface area contributed by atoms with Crippen LogP contribution in [0.5, 0.6) is 11.5 Å². The third-order valence-corrected chi connectivity index (χ3v) is 4.74. The quantitative estimate of drug-likeness (QED) is 0.467. The van der Waals surface area contributed by atoms with Gasteiger partial charge in [-0.05, 0) is 40.6 Å². The number of phenols is 1. The predicted octanol–water partition coefficient (Wildman–Crippen LogP) is 5.42. The molecular weight excluding hydrogens is 362 g/mol. The van der Waals surface area contributed by atoms with Crippen molar-refractivity contribution in [3.63, 3.8) is 0 Å². The number of fused-ring (bicyclic) bond motifs is 1. The number of carbonyl (C=O) groups is 1. The van der Waals surface area contributed by atoms with Crippen LogP contribution in [0.4, 0.5) is 5.69 Å². The molecule has 0 saturated carbocycles. The van der Waals surface area contributed by atoms with E-state index in [1.54, 1.807) is 18.2 Å². The van der Waals surface area contributed by atoms with Gasteiger partial charge in [-0.1, -0.05) is 66.7 Å². The minimum Gasteiger partial charge on any atom is -0.507 e. The fourth-order valence-corrected chi connectivity index (χ4v) is 3.22. The first-order valence-electron chi connectivity index (χ1n) is 9.49. The number of hydrogen-bond acceptors (Lipinski definition) is 3. The Labute approximate surface area is 169 Å². The molecule has 0 saturated heterocycles. The highest BCUT2D eigenvalue weighted by molar-refractivity contribution is 6.09. The van der Waals surface area contributed by atoms with Gasteiger partial charge in [-0.2, -0.15) is 0 Å². The minimum absolute atomic E-state index is 0.0522. The van der Waals surface area contributed by atoms with Crippen LogP contribution < -0.4 is 10.1 Å². The van der Waals surface area contributed by atoms with E-state index in [4.69, 9.17) is 4.74 Å². The summed E-state index contributed by atoms with van der Waals surface area (Å²) in [5.41, 5.74) is 1.98. The SMILES string of the molecule is O=C(Nc1ccccc1OCCc1ccccc1)c1cc2ccccc2cc1O. The fourth-order valence-electron chi connectivity index (χ4n) is 3.22. The second-order valence-corrected chi connectivity index (χ2v) is 6.75. The van der Waals surface area contributed by atoms with Gasteiger partial charge < -0.3 is 15.2 Å². The number of carbonyl (C=O) groups excluding carboxylic acids is 1. The molecule has 4 nitrogen and oxygen atoms in total. The average molecular weight is 383 g/mol. The lowest BCUT2D eigenvalue weighted by atomic mass is 10.1. The second kappa shape index (κ2) is 8.48. The number of rotatable bonds is 6. The molecule has 4 aromatic rings. The normalized spacial score (nSPS) is 10.6. The first kappa shape index (κ1) is 18.6. The van der Waals surface area contributed by atoms with Crippen molar-refractivity contribution in [1.82, 2.24) is 0 Å². The van der Waals surface area contributed by atoms with Crippen LogP contribution in [0.25, 0.3) is 10.8 Å². The van der Waals surface area contributed by atoms with E-state index in [9.17, 15) is 9.90 Å². The van der Waals surface area contributed by atoms with Gasteiger partial charge in [-0.3, -0.25) is 4.79 Å². The monoisotopic (exact) mass is 383 g/mol. The van der Waals surface area contributed by atoms with Crippen molar-refractivity contribution in [3.05, 3.63) is 102 Å². The van der Waals surface area contributed by atoms with E-state index in [1.165, 1.54) is 5.56 Å². The molecule has 0 aliphatic rings. The van der Waals surface area contributed by atoms with E-state index in [1.807, 2.05) is 60.7 Å². The summed E-state index contributed by atoms with van der Waals surface area (Å²) in [7, 11) is 0. The zero-order valence-electron chi connectivity index (χ0n) is 15.8. The van der Waals surface area contributed by atoms with Gasteiger partial charge in [0.05, 0.1) is 17.9 Å². The number of aromatic hydroxyl groups is 1. The van der Waals surface area contributed by atoms with Crippen LogP contribution in [0.3, 0.4) is 0 Å². The fraction of sp³-hybridized carbons (Fsp3) is 0.0800. The van der Waals surface area contributed by atoms with Gasteiger partial charge in [0.2, 0.25) is 0 Å². The molecular formula is C25H21NO3. The Morgan fingerprint density at radius 2 is 1.48 bits per heavy atom. The molecule has 0 bridgehead atoms. The number of hydrogen-bond donors (Lipinski definition) is 2. The van der Waals surface area contributed by atoms with Gasteiger partial charge in [0.15, 0.2) is 0 Å². The molecule has 0 fully saturated rings. The summed E-state index contributed by atoms with van der Waals surface area (Å²) in [5.74, 6) is 0.160. The minimum atomic E-state index is -0.382. The van der Waals surface area contributed by atoms with E-state index in [2.05, 4.69) is 17.4 Å². The Balaban J connectivity index is 1.49. The van der Waals surface area contributed by atoms with Crippen molar-refractivity contribution in [3.8, 4) is 11.5 Å². The Hall–Kier alpha value is -3.79. The van der Waals surface area contributed by atoms with Gasteiger partial charge >= 0.3 is 0 Å². The van der Waals surface area contributed by atoms with Crippen LogP contribution in [0.1, 0.15) is 15.9 Å². The molecule has 0 heterocycles. The molecule has 144 valence electrons. The summed E-state index contributed by atoms with van der Waals surface area (Å²) < 4.78 is 5.90. The molecule has 0 atom stereocenters. The largest absolute Gasteiger partial charge is 0.507 e. The van der Waals surface area contributed by atoms with Crippen molar-refractivity contribution >= 4 is 22.4 Å². The number of ether oxygens (including phenoxy) is 1. The smallest absolute Gasteiger partial charge is 0.259 e. The van der Waals surface area contributed by atoms with Crippen LogP contribution in [-0.4, -0.2) is 17.6 Å². The maximum atomic E-state index is 12.8. The Kier molecular flexibility index (Phi) is 5.43. The molecule has 0 unspecified atom stereocenters. The third-order valence-electron chi connectivity index (χ3n) is 4.74. The van der Waals surface area contributed by atoms with Crippen molar-refractivity contribution in [1.29, 1.82) is 0 Å². The maximum absolute atomic E-state index is 12.8. The molecule has 2 N–H and O–H groups in total. The first-order valence-corrected chi connectivity index (χ1v) is 9.49. The lowest BCUT2D eigenvalue weighted by Gasteiger charge is -2.13. The predicted molar refractivity (Wildman–Crippen MR) is 116 cm³/mol. The summed E-state index contributed by atoms with van der Waals surface area (Å²) in [6, 6.07) is 28.3. The highest BCUT2D eigenvalue weighted by Crippen LogP contribution is 2.28. The number of anilines is 1. The Morgan fingerprint density at radius 1 is 0.828 bits per heavy atom. The summed E-state index contributed by atoms with van der Waals surface area (Å²) in [6.45, 7) is 0.498. The third kappa shape index (κ3) is 4.38. The number of nitrogens with one attached hydrogen (secondary N) is 1. The molecule has 0 radical (unpaired) electrons. The topological polar surface area (TPSA) is 58.6 Å². The van der Waals surface area contributed by atoms with E-state index in [0.717, 1.165) is 17.2 Å². The van der Waals surface area contributed by atoms with Gasteiger partial charge in [0, 0.05) is 6.42 Å². The van der Waals surface area contributed by atoms with Crippen molar-refractivity contribution in [2.24, 2.45) is 0 Å². The van der Waals surface area contributed by atoms with Gasteiger partial charge in [0.25, 0.3) is 5.91 Å². The molecule has 0 aliphatic carbocycles. The van der Waals surface area contributed by atoms with Crippen molar-refractivity contribution < 1.29 is 14.6 Å². The lowest BCUT2D eigenvalue weighted by molar-refractivity contribution is 0.102. The Bertz CT molecular complexity index is 1140. The van der Waals surface area contributed by atoms with E-state index in [-0.39, 0.29) is 17.2 Å². The molecule has 4 heteroatoms. The van der Waals surface area contributed by atoms with Crippen LogP contribution >= 0.6 is 0 Å². The van der Waals surface area contributed by atoms with Crippen LogP contribution in [0.15, 0.2) is 91.0 Å². The summed E-state index contributed by atoms with van der Waals surface area (Å²) in [5, 5.41) is 14.9. The van der Waals surface area contributed by atoms with Crippen molar-refractivity contribution in [2.75, 3.05) is 11.9 Å². The zero-order valence-corrected chi connectivity index (χ0v) is 15.8. The maximum Gasteiger partial charge on any atom is 0.259 e. The van der Waals surface area contributed by atoms with E-state index < -0.39 is 0 Å². The standard InChI is InChI=1S/C25H21NO3/c27-23-17-20-11-5-4-10-19(20)16-21(23)25(28)26-22-12-6-7-13-24(22)29-15-14-18-8-2-1-3-9-18/h1-13,16-17,27H,14-15H2,(H,26,28). The molecule has 29 heavy (non-hydrogen) atoms. The van der Waals surface area contributed by atoms with Crippen LogP contribution in [0, 0.1) is 0 Å². The van der Waals surface area contributed by atoms with Crippen LogP contribution in [-0.2, 0) is 6.42 Å². The summed E-state index contributed by atoms with van der Waals surface area (Å²) >= 11 is 0. The average Bonchev–Trinajstić information content (AvgIpc) is 2.75. The van der Waals surface area contributed by atoms with Gasteiger partial charge in [-0.15, -0.1) is 0 Å². The summed E-state index contributed by atoms with van der Waals surface area (Å²) in [4.78, 5) is 12.8.